The Labute approximate surface area is 229 Å². The quantitative estimate of drug-likeness (QED) is 0.488. The lowest BCUT2D eigenvalue weighted by Crippen LogP contribution is -2.39. The molecule has 2 saturated heterocycles. The Morgan fingerprint density at radius 3 is 2.54 bits per heavy atom. The summed E-state index contributed by atoms with van der Waals surface area (Å²) in [5.74, 6) is 0.248. The monoisotopic (exact) mass is 533 g/mol. The molecule has 1 aromatic heterocycles. The van der Waals surface area contributed by atoms with E-state index in [1.54, 1.807) is 17.0 Å². The number of rotatable bonds is 5. The second kappa shape index (κ2) is 11.4. The molecule has 9 nitrogen and oxygen atoms in total. The summed E-state index contributed by atoms with van der Waals surface area (Å²) in [5.41, 5.74) is 2.81. The van der Waals surface area contributed by atoms with Crippen LogP contribution in [0.2, 0.25) is 0 Å². The van der Waals surface area contributed by atoms with Crippen molar-refractivity contribution in [3.63, 3.8) is 0 Å². The van der Waals surface area contributed by atoms with Gasteiger partial charge in [-0.05, 0) is 70.2 Å². The summed E-state index contributed by atoms with van der Waals surface area (Å²) >= 11 is 0. The van der Waals surface area contributed by atoms with Crippen LogP contribution in [0, 0.1) is 0 Å². The van der Waals surface area contributed by atoms with E-state index in [0.717, 1.165) is 48.8 Å². The zero-order valence-electron chi connectivity index (χ0n) is 23.1. The zero-order chi connectivity index (χ0) is 27.6. The third-order valence-electron chi connectivity index (χ3n) is 7.36. The molecule has 0 saturated carbocycles. The number of carbonyl (C=O) groups excluding carboxylic acids is 2. The lowest BCUT2D eigenvalue weighted by Gasteiger charge is -2.29. The number of β-amino-alcohol motifs (C(OH)–C–C–N with tert-alkyl or cyclic N) is 1. The molecule has 2 aliphatic rings. The molecule has 2 aliphatic heterocycles. The van der Waals surface area contributed by atoms with E-state index in [9.17, 15) is 14.7 Å². The van der Waals surface area contributed by atoms with Gasteiger partial charge in [0.25, 0.3) is 5.91 Å². The predicted molar refractivity (Wildman–Crippen MR) is 151 cm³/mol. The van der Waals surface area contributed by atoms with E-state index < -0.39 is 5.60 Å². The minimum Gasteiger partial charge on any atom is -0.444 e. The summed E-state index contributed by atoms with van der Waals surface area (Å²) in [4.78, 5) is 35.3. The number of para-hydroxylation sites is 1. The van der Waals surface area contributed by atoms with Crippen LogP contribution < -0.4 is 5.32 Å². The van der Waals surface area contributed by atoms with Crippen molar-refractivity contribution >= 4 is 29.0 Å². The van der Waals surface area contributed by atoms with Gasteiger partial charge in [0.15, 0.2) is 0 Å². The highest BCUT2D eigenvalue weighted by Crippen LogP contribution is 2.33. The van der Waals surface area contributed by atoms with Crippen LogP contribution in [0.1, 0.15) is 68.4 Å². The van der Waals surface area contributed by atoms with Crippen LogP contribution in [-0.4, -0.2) is 74.3 Å². The Morgan fingerprint density at radius 1 is 1.03 bits per heavy atom. The first-order valence-electron chi connectivity index (χ1n) is 13.9. The van der Waals surface area contributed by atoms with E-state index in [0.29, 0.717) is 37.7 Å². The zero-order valence-corrected chi connectivity index (χ0v) is 23.1. The highest BCUT2D eigenvalue weighted by molar-refractivity contribution is 6.04. The fraction of sp³-hybridized carbons (Fsp3) is 0.500. The minimum atomic E-state index is -0.580. The van der Waals surface area contributed by atoms with Gasteiger partial charge >= 0.3 is 6.09 Å². The van der Waals surface area contributed by atoms with Gasteiger partial charge in [0.1, 0.15) is 5.60 Å². The molecule has 2 atom stereocenters. The van der Waals surface area contributed by atoms with Crippen LogP contribution in [0.3, 0.4) is 0 Å². The van der Waals surface area contributed by atoms with Crippen molar-refractivity contribution in [2.24, 2.45) is 0 Å². The highest BCUT2D eigenvalue weighted by atomic mass is 16.6. The largest absolute Gasteiger partial charge is 0.444 e. The third kappa shape index (κ3) is 6.42. The van der Waals surface area contributed by atoms with Gasteiger partial charge < -0.3 is 19.3 Å². The summed E-state index contributed by atoms with van der Waals surface area (Å²) in [7, 11) is 0. The van der Waals surface area contributed by atoms with Gasteiger partial charge in [0, 0.05) is 38.3 Å². The number of anilines is 1. The number of likely N-dealkylation sites (tertiary alicyclic amines) is 2. The lowest BCUT2D eigenvalue weighted by molar-refractivity contribution is 0.0238. The lowest BCUT2D eigenvalue weighted by atomic mass is 10.1. The molecule has 2 amide bonds. The molecule has 5 rings (SSSR count). The van der Waals surface area contributed by atoms with Crippen molar-refractivity contribution in [2.75, 3.05) is 31.5 Å². The number of ether oxygens (including phenoxy) is 1. The highest BCUT2D eigenvalue weighted by Gasteiger charge is 2.31. The first-order chi connectivity index (χ1) is 18.7. The van der Waals surface area contributed by atoms with Crippen molar-refractivity contribution in [2.45, 2.75) is 70.7 Å². The van der Waals surface area contributed by atoms with Crippen molar-refractivity contribution in [3.8, 4) is 0 Å². The number of nitrogens with zero attached hydrogens (tertiary/aromatic N) is 4. The maximum Gasteiger partial charge on any atom is 0.410 e. The summed E-state index contributed by atoms with van der Waals surface area (Å²) in [6, 6.07) is 15.1. The van der Waals surface area contributed by atoms with E-state index in [4.69, 9.17) is 9.72 Å². The summed E-state index contributed by atoms with van der Waals surface area (Å²) in [5, 5.41) is 13.2. The average molecular weight is 534 g/mol. The second-order valence-electron chi connectivity index (χ2n) is 11.7. The molecule has 2 fully saturated rings. The summed E-state index contributed by atoms with van der Waals surface area (Å²) in [6.07, 6.45) is 2.80. The molecule has 3 aromatic rings. The molecule has 0 aliphatic carbocycles. The number of hydrogen-bond acceptors (Lipinski definition) is 6. The number of carbonyl (C=O) groups is 2. The molecular weight excluding hydrogens is 494 g/mol. The Hall–Kier alpha value is -3.43. The van der Waals surface area contributed by atoms with E-state index in [1.807, 2.05) is 51.1 Å². The number of fused-ring (bicyclic) bond motifs is 1. The van der Waals surface area contributed by atoms with Gasteiger partial charge in [-0.2, -0.15) is 0 Å². The smallest absolute Gasteiger partial charge is 0.410 e. The van der Waals surface area contributed by atoms with Crippen molar-refractivity contribution < 1.29 is 19.4 Å². The molecule has 3 heterocycles. The summed E-state index contributed by atoms with van der Waals surface area (Å²) < 4.78 is 7.85. The number of benzene rings is 2. The number of aliphatic hydroxyl groups is 1. The fourth-order valence-corrected chi connectivity index (χ4v) is 5.57. The predicted octanol–water partition coefficient (Wildman–Crippen LogP) is 4.82. The SMILES string of the molecule is CC(C)(C)OC(=O)N1CCCC[C@@H](n2c(NC(=O)c3ccccc3)nc3cccc(CN4CCC(O)C4)c32)C1. The summed E-state index contributed by atoms with van der Waals surface area (Å²) in [6.45, 7) is 8.87. The topological polar surface area (TPSA) is 99.9 Å². The van der Waals surface area contributed by atoms with Gasteiger partial charge in [-0.3, -0.25) is 15.0 Å². The molecule has 208 valence electrons. The van der Waals surface area contributed by atoms with Gasteiger partial charge in [0.2, 0.25) is 5.95 Å². The maximum absolute atomic E-state index is 13.2. The van der Waals surface area contributed by atoms with Gasteiger partial charge in [-0.15, -0.1) is 0 Å². The Morgan fingerprint density at radius 2 is 1.82 bits per heavy atom. The molecule has 0 spiro atoms. The first-order valence-corrected chi connectivity index (χ1v) is 13.9. The van der Waals surface area contributed by atoms with E-state index in [2.05, 4.69) is 20.9 Å². The molecule has 0 radical (unpaired) electrons. The number of hydrogen-bond donors (Lipinski definition) is 2. The maximum atomic E-state index is 13.2. The number of amides is 2. The number of aromatic nitrogens is 2. The third-order valence-corrected chi connectivity index (χ3v) is 7.36. The molecule has 2 aromatic carbocycles. The van der Waals surface area contributed by atoms with Crippen molar-refractivity contribution in [3.05, 3.63) is 59.7 Å². The van der Waals surface area contributed by atoms with Gasteiger partial charge in [-0.1, -0.05) is 30.3 Å². The van der Waals surface area contributed by atoms with Crippen LogP contribution in [0.15, 0.2) is 48.5 Å². The minimum absolute atomic E-state index is 0.0959. The van der Waals surface area contributed by atoms with E-state index in [1.165, 1.54) is 0 Å². The number of aliphatic hydroxyl groups excluding tert-OH is 1. The molecule has 0 bridgehead atoms. The van der Waals surface area contributed by atoms with E-state index >= 15 is 0 Å². The second-order valence-corrected chi connectivity index (χ2v) is 11.7. The van der Waals surface area contributed by atoms with Crippen LogP contribution in [-0.2, 0) is 11.3 Å². The van der Waals surface area contributed by atoms with E-state index in [-0.39, 0.29) is 24.1 Å². The van der Waals surface area contributed by atoms with Crippen LogP contribution in [0.4, 0.5) is 10.7 Å². The Bertz CT molecular complexity index is 1320. The fourth-order valence-electron chi connectivity index (χ4n) is 5.57. The van der Waals surface area contributed by atoms with Crippen LogP contribution in [0.25, 0.3) is 11.0 Å². The average Bonchev–Trinajstić information content (AvgIpc) is 3.37. The molecule has 9 heteroatoms. The first kappa shape index (κ1) is 27.1. The molecular formula is C30H39N5O4. The van der Waals surface area contributed by atoms with Crippen molar-refractivity contribution in [1.29, 1.82) is 0 Å². The number of imidazole rings is 1. The molecule has 39 heavy (non-hydrogen) atoms. The van der Waals surface area contributed by atoms with Crippen LogP contribution in [0.5, 0.6) is 0 Å². The van der Waals surface area contributed by atoms with Gasteiger partial charge in [-0.25, -0.2) is 9.78 Å². The van der Waals surface area contributed by atoms with Crippen LogP contribution >= 0.6 is 0 Å². The molecule has 2 N–H and O–H groups in total. The molecule has 1 unspecified atom stereocenters. The Balaban J connectivity index is 1.54. The Kier molecular flexibility index (Phi) is 7.91. The normalized spacial score (nSPS) is 20.7. The van der Waals surface area contributed by atoms with Crippen molar-refractivity contribution in [1.82, 2.24) is 19.4 Å². The van der Waals surface area contributed by atoms with Gasteiger partial charge in [0.05, 0.1) is 23.2 Å². The standard InChI is InChI=1S/C30H39N5O4/c1-30(2,3)39-29(38)34-16-8-7-13-23(19-34)35-26-22(18-33-17-15-24(36)20-33)12-9-14-25(26)31-28(35)32-27(37)21-10-5-4-6-11-21/h4-6,9-12,14,23-24,36H,7-8,13,15-20H2,1-3H3,(H,31,32,37)/t23-,24?/m1/s1. The number of nitrogens with one attached hydrogen (secondary N) is 1.